The van der Waals surface area contributed by atoms with E-state index >= 15 is 0 Å². The minimum atomic E-state index is -0.0940. The fraction of sp³-hybridized carbons (Fsp3) is 0.667. The number of amides is 1. The molecule has 1 aliphatic heterocycles. The van der Waals surface area contributed by atoms with Crippen LogP contribution in [0.25, 0.3) is 0 Å². The molecule has 1 amide bonds. The highest BCUT2D eigenvalue weighted by Gasteiger charge is 2.27. The summed E-state index contributed by atoms with van der Waals surface area (Å²) >= 11 is 0. The van der Waals surface area contributed by atoms with Crippen LogP contribution in [0.4, 0.5) is 0 Å². The Labute approximate surface area is 106 Å². The third-order valence-corrected chi connectivity index (χ3v) is 3.51. The predicted octanol–water partition coefficient (Wildman–Crippen LogP) is -0.223. The molecule has 0 spiro atoms. The number of piperidine rings is 1. The van der Waals surface area contributed by atoms with Gasteiger partial charge in [-0.2, -0.15) is 0 Å². The van der Waals surface area contributed by atoms with Gasteiger partial charge in [-0.25, -0.2) is 4.79 Å². The van der Waals surface area contributed by atoms with Gasteiger partial charge in [0.15, 0.2) is 0 Å². The number of aromatic amines is 1. The van der Waals surface area contributed by atoms with Crippen molar-refractivity contribution in [2.45, 2.75) is 31.8 Å². The van der Waals surface area contributed by atoms with Crippen LogP contribution in [0, 0.1) is 0 Å². The topological polar surface area (TPSA) is 70.1 Å². The second kappa shape index (κ2) is 5.86. The van der Waals surface area contributed by atoms with Gasteiger partial charge in [-0.1, -0.05) is 6.42 Å². The molecular formula is C12H20N4O2. The van der Waals surface area contributed by atoms with E-state index in [9.17, 15) is 9.59 Å². The molecule has 6 nitrogen and oxygen atoms in total. The van der Waals surface area contributed by atoms with Gasteiger partial charge in [0.25, 0.3) is 0 Å². The molecule has 0 bridgehead atoms. The van der Waals surface area contributed by atoms with Crippen LogP contribution in [-0.2, 0) is 11.3 Å². The fourth-order valence-corrected chi connectivity index (χ4v) is 2.48. The molecule has 2 N–H and O–H groups in total. The summed E-state index contributed by atoms with van der Waals surface area (Å²) in [5.74, 6) is 0.0797. The number of aromatic nitrogens is 2. The van der Waals surface area contributed by atoms with Crippen LogP contribution in [0.1, 0.15) is 19.3 Å². The van der Waals surface area contributed by atoms with Crippen molar-refractivity contribution in [3.8, 4) is 0 Å². The molecule has 2 rings (SSSR count). The summed E-state index contributed by atoms with van der Waals surface area (Å²) in [4.78, 5) is 27.9. The van der Waals surface area contributed by atoms with Crippen LogP contribution in [0.5, 0.6) is 0 Å². The summed E-state index contributed by atoms with van der Waals surface area (Å²) in [7, 11) is 1.67. The Morgan fingerprint density at radius 3 is 3.00 bits per heavy atom. The Balaban J connectivity index is 1.95. The number of likely N-dealkylation sites (N-methyl/N-ethyl adjacent to an activating group) is 1. The molecule has 1 fully saturated rings. The molecule has 100 valence electrons. The molecule has 18 heavy (non-hydrogen) atoms. The summed E-state index contributed by atoms with van der Waals surface area (Å²) in [6.45, 7) is 2.28. The van der Waals surface area contributed by atoms with Crippen molar-refractivity contribution in [3.63, 3.8) is 0 Å². The van der Waals surface area contributed by atoms with E-state index in [2.05, 4.69) is 15.2 Å². The molecule has 0 unspecified atom stereocenters. The third-order valence-electron chi connectivity index (χ3n) is 3.51. The van der Waals surface area contributed by atoms with Crippen molar-refractivity contribution in [1.82, 2.24) is 19.8 Å². The number of carbonyl (C=O) groups excluding carboxylic acids is 1. The molecule has 1 aromatic rings. The number of imidazole rings is 1. The third kappa shape index (κ3) is 2.81. The van der Waals surface area contributed by atoms with Gasteiger partial charge < -0.3 is 10.3 Å². The SMILES string of the molecule is CNC(=O)[C@@H]1CCCCN1CCn1cc[nH]c1=O. The number of rotatable bonds is 4. The lowest BCUT2D eigenvalue weighted by molar-refractivity contribution is -0.127. The Morgan fingerprint density at radius 2 is 2.33 bits per heavy atom. The van der Waals surface area contributed by atoms with Gasteiger partial charge in [0.1, 0.15) is 0 Å². The molecule has 1 saturated heterocycles. The first-order valence-corrected chi connectivity index (χ1v) is 6.42. The van der Waals surface area contributed by atoms with Crippen LogP contribution in [-0.4, -0.2) is 46.5 Å². The zero-order valence-electron chi connectivity index (χ0n) is 10.7. The number of hydrogen-bond donors (Lipinski definition) is 2. The lowest BCUT2D eigenvalue weighted by atomic mass is 10.0. The summed E-state index contributed by atoms with van der Waals surface area (Å²) in [6, 6.07) is -0.0432. The maximum atomic E-state index is 11.8. The molecule has 1 aliphatic rings. The van der Waals surface area contributed by atoms with Gasteiger partial charge in [0.05, 0.1) is 6.04 Å². The van der Waals surface area contributed by atoms with E-state index in [-0.39, 0.29) is 17.6 Å². The summed E-state index contributed by atoms with van der Waals surface area (Å²) in [6.07, 6.45) is 6.49. The van der Waals surface area contributed by atoms with Crippen LogP contribution in [0.2, 0.25) is 0 Å². The maximum Gasteiger partial charge on any atom is 0.325 e. The van der Waals surface area contributed by atoms with E-state index in [1.807, 2.05) is 0 Å². The van der Waals surface area contributed by atoms with Crippen LogP contribution >= 0.6 is 0 Å². The highest BCUT2D eigenvalue weighted by Crippen LogP contribution is 2.16. The smallest absolute Gasteiger partial charge is 0.325 e. The van der Waals surface area contributed by atoms with Gasteiger partial charge in [0, 0.05) is 32.5 Å². The quantitative estimate of drug-likeness (QED) is 0.778. The molecule has 0 saturated carbocycles. The monoisotopic (exact) mass is 252 g/mol. The number of nitrogens with one attached hydrogen (secondary N) is 2. The maximum absolute atomic E-state index is 11.8. The Hall–Kier alpha value is -1.56. The van der Waals surface area contributed by atoms with Crippen LogP contribution in [0.15, 0.2) is 17.2 Å². The standard InChI is InChI=1S/C12H20N4O2/c1-13-11(17)10-4-2-3-6-15(10)8-9-16-7-5-14-12(16)18/h5,7,10H,2-4,6,8-9H2,1H3,(H,13,17)(H,14,18)/t10-/m0/s1. The van der Waals surface area contributed by atoms with E-state index < -0.39 is 0 Å². The second-order valence-corrected chi connectivity index (χ2v) is 4.62. The lowest BCUT2D eigenvalue weighted by Crippen LogP contribution is -2.49. The summed E-state index contributed by atoms with van der Waals surface area (Å²) in [5, 5.41) is 2.71. The first-order chi connectivity index (χ1) is 8.72. The minimum absolute atomic E-state index is 0.0432. The Kier molecular flexibility index (Phi) is 4.19. The van der Waals surface area contributed by atoms with Crippen molar-refractivity contribution in [3.05, 3.63) is 22.9 Å². The van der Waals surface area contributed by atoms with E-state index in [4.69, 9.17) is 0 Å². The molecule has 1 atom stereocenters. The van der Waals surface area contributed by atoms with Gasteiger partial charge in [0.2, 0.25) is 5.91 Å². The lowest BCUT2D eigenvalue weighted by Gasteiger charge is -2.34. The number of carbonyl (C=O) groups is 1. The van der Waals surface area contributed by atoms with Crippen molar-refractivity contribution in [1.29, 1.82) is 0 Å². The molecule has 0 aromatic carbocycles. The fourth-order valence-electron chi connectivity index (χ4n) is 2.48. The average molecular weight is 252 g/mol. The molecule has 0 radical (unpaired) electrons. The number of likely N-dealkylation sites (tertiary alicyclic amines) is 1. The molecule has 2 heterocycles. The molecule has 6 heteroatoms. The number of nitrogens with zero attached hydrogens (tertiary/aromatic N) is 2. The van der Waals surface area contributed by atoms with E-state index in [0.717, 1.165) is 32.4 Å². The predicted molar refractivity (Wildman–Crippen MR) is 68.3 cm³/mol. The van der Waals surface area contributed by atoms with Gasteiger partial charge >= 0.3 is 5.69 Å². The van der Waals surface area contributed by atoms with E-state index in [0.29, 0.717) is 6.54 Å². The molecule has 0 aliphatic carbocycles. The highest BCUT2D eigenvalue weighted by molar-refractivity contribution is 5.81. The first-order valence-electron chi connectivity index (χ1n) is 6.42. The van der Waals surface area contributed by atoms with Crippen molar-refractivity contribution >= 4 is 5.91 Å². The highest BCUT2D eigenvalue weighted by atomic mass is 16.2. The minimum Gasteiger partial charge on any atom is -0.358 e. The van der Waals surface area contributed by atoms with Crippen molar-refractivity contribution in [2.75, 3.05) is 20.1 Å². The number of hydrogen-bond acceptors (Lipinski definition) is 3. The van der Waals surface area contributed by atoms with Crippen molar-refractivity contribution < 1.29 is 4.79 Å². The Bertz CT molecular complexity index is 451. The van der Waals surface area contributed by atoms with Crippen molar-refractivity contribution in [2.24, 2.45) is 0 Å². The van der Waals surface area contributed by atoms with Gasteiger partial charge in [-0.05, 0) is 19.4 Å². The molecule has 1 aromatic heterocycles. The van der Waals surface area contributed by atoms with E-state index in [1.165, 1.54) is 0 Å². The Morgan fingerprint density at radius 1 is 1.50 bits per heavy atom. The average Bonchev–Trinajstić information content (AvgIpc) is 2.81. The zero-order valence-corrected chi connectivity index (χ0v) is 10.7. The van der Waals surface area contributed by atoms with Crippen LogP contribution in [0.3, 0.4) is 0 Å². The van der Waals surface area contributed by atoms with E-state index in [1.54, 1.807) is 24.0 Å². The largest absolute Gasteiger partial charge is 0.358 e. The normalized spacial score (nSPS) is 20.8. The van der Waals surface area contributed by atoms with Gasteiger partial charge in [-0.15, -0.1) is 0 Å². The first kappa shape index (κ1) is 12.9. The van der Waals surface area contributed by atoms with Gasteiger partial charge in [-0.3, -0.25) is 14.3 Å². The summed E-state index contributed by atoms with van der Waals surface area (Å²) in [5.41, 5.74) is -0.0940. The second-order valence-electron chi connectivity index (χ2n) is 4.62. The number of H-pyrrole nitrogens is 1. The van der Waals surface area contributed by atoms with Crippen LogP contribution < -0.4 is 11.0 Å². The molecular weight excluding hydrogens is 232 g/mol. The summed E-state index contributed by atoms with van der Waals surface area (Å²) < 4.78 is 1.63. The zero-order chi connectivity index (χ0) is 13.0.